The molecule has 48 valence electrons. The highest BCUT2D eigenvalue weighted by molar-refractivity contribution is 7.97. The normalized spacial score (nSPS) is 8.88. The maximum atomic E-state index is 11.3. The second-order valence-electron chi connectivity index (χ2n) is 0.989. The van der Waals surface area contributed by atoms with E-state index in [4.69, 9.17) is 11.6 Å². The Balaban J connectivity index is 3.32. The zero-order chi connectivity index (χ0) is 6.57. The fourth-order valence-corrected chi connectivity index (χ4v) is 0.518. The molecule has 5 heteroatoms. The lowest BCUT2D eigenvalue weighted by Crippen LogP contribution is -2.10. The van der Waals surface area contributed by atoms with Gasteiger partial charge in [0, 0.05) is 7.05 Å². The van der Waals surface area contributed by atoms with Gasteiger partial charge in [-0.1, -0.05) is 0 Å². The molecule has 2 nitrogen and oxygen atoms in total. The van der Waals surface area contributed by atoms with Crippen molar-refractivity contribution in [3.8, 4) is 0 Å². The van der Waals surface area contributed by atoms with Crippen LogP contribution in [-0.4, -0.2) is 22.7 Å². The van der Waals surface area contributed by atoms with Crippen LogP contribution in [0.25, 0.3) is 0 Å². The quantitative estimate of drug-likeness (QED) is 0.347. The third kappa shape index (κ3) is 3.10. The molecule has 0 radical (unpaired) electrons. The Morgan fingerprint density at radius 1 is 2.00 bits per heavy atom. The van der Waals surface area contributed by atoms with Crippen LogP contribution in [-0.2, 0) is 0 Å². The Morgan fingerprint density at radius 3 is 2.62 bits per heavy atom. The summed E-state index contributed by atoms with van der Waals surface area (Å²) in [6, 6.07) is -0.630. The number of amides is 1. The number of hydrogen-bond donors (Lipinski definition) is 0. The monoisotopic (exact) mass is 157 g/mol. The summed E-state index contributed by atoms with van der Waals surface area (Å²) in [5.74, 6) is 0. The fraction of sp³-hybridized carbons (Fsp3) is 0.667. The topological polar surface area (TPSA) is 20.3 Å². The van der Waals surface area contributed by atoms with Crippen molar-refractivity contribution in [1.29, 1.82) is 0 Å². The molecule has 0 spiro atoms. The van der Waals surface area contributed by atoms with Crippen molar-refractivity contribution >= 4 is 28.9 Å². The summed E-state index contributed by atoms with van der Waals surface area (Å²) in [7, 11) is 1.40. The van der Waals surface area contributed by atoms with Crippen molar-refractivity contribution in [1.82, 2.24) is 4.31 Å². The second-order valence-corrected chi connectivity index (χ2v) is 2.34. The second kappa shape index (κ2) is 3.97. The molecule has 0 unspecified atom stereocenters. The first kappa shape index (κ1) is 8.04. The number of rotatable bonds is 2. The zero-order valence-electron chi connectivity index (χ0n) is 4.23. The van der Waals surface area contributed by atoms with Gasteiger partial charge in [-0.25, -0.2) is 4.39 Å². The number of carbonyl (C=O) groups is 1. The summed E-state index contributed by atoms with van der Waals surface area (Å²) in [6.45, 7) is 0. The average molecular weight is 158 g/mol. The van der Waals surface area contributed by atoms with Crippen LogP contribution >= 0.6 is 23.5 Å². The van der Waals surface area contributed by atoms with Crippen molar-refractivity contribution in [2.75, 3.05) is 13.1 Å². The molecule has 0 aromatic carbocycles. The Labute approximate surface area is 56.1 Å². The van der Waals surface area contributed by atoms with E-state index in [1.54, 1.807) is 0 Å². The molecule has 0 aromatic rings. The van der Waals surface area contributed by atoms with E-state index in [9.17, 15) is 9.18 Å². The summed E-state index contributed by atoms with van der Waals surface area (Å²) in [5, 5.41) is -0.660. The lowest BCUT2D eigenvalue weighted by molar-refractivity contribution is 0.251. The van der Waals surface area contributed by atoms with Gasteiger partial charge in [-0.05, 0) is 23.5 Å². The van der Waals surface area contributed by atoms with Gasteiger partial charge in [-0.15, -0.1) is 0 Å². The van der Waals surface area contributed by atoms with E-state index in [1.807, 2.05) is 0 Å². The van der Waals surface area contributed by atoms with Gasteiger partial charge in [0.2, 0.25) is 0 Å². The fourth-order valence-electron chi connectivity index (χ4n) is 0.124. The summed E-state index contributed by atoms with van der Waals surface area (Å²) < 4.78 is 12.3. The summed E-state index contributed by atoms with van der Waals surface area (Å²) >= 11 is 5.63. The van der Waals surface area contributed by atoms with Gasteiger partial charge in [-0.2, -0.15) is 0 Å². The molecule has 0 heterocycles. The first-order valence-corrected chi connectivity index (χ1v) is 3.12. The zero-order valence-corrected chi connectivity index (χ0v) is 5.80. The third-order valence-electron chi connectivity index (χ3n) is 0.490. The van der Waals surface area contributed by atoms with Crippen molar-refractivity contribution < 1.29 is 9.18 Å². The van der Waals surface area contributed by atoms with Crippen LogP contribution < -0.4 is 0 Å². The Hall–Kier alpha value is 0.0400. The number of nitrogens with zero attached hydrogens (tertiary/aromatic N) is 1. The van der Waals surface area contributed by atoms with E-state index in [0.717, 1.165) is 16.3 Å². The minimum atomic E-state index is -0.660. The van der Waals surface area contributed by atoms with Crippen molar-refractivity contribution in [3.05, 3.63) is 0 Å². The molecular weight excluding hydrogens is 153 g/mol. The van der Waals surface area contributed by atoms with Crippen LogP contribution in [0, 0.1) is 0 Å². The molecule has 0 aliphatic rings. The van der Waals surface area contributed by atoms with Crippen LogP contribution in [0.2, 0.25) is 0 Å². The summed E-state index contributed by atoms with van der Waals surface area (Å²) in [6.07, 6.45) is 0. The van der Waals surface area contributed by atoms with Crippen molar-refractivity contribution in [2.45, 2.75) is 0 Å². The van der Waals surface area contributed by atoms with Crippen LogP contribution in [0.3, 0.4) is 0 Å². The Morgan fingerprint density at radius 2 is 2.50 bits per heavy atom. The molecule has 0 rings (SSSR count). The molecule has 0 aliphatic carbocycles. The van der Waals surface area contributed by atoms with Crippen molar-refractivity contribution in [3.63, 3.8) is 0 Å². The molecular formula is C3H5ClFNOS. The molecule has 0 saturated heterocycles. The Kier molecular flexibility index (Phi) is 3.99. The first-order chi connectivity index (χ1) is 3.68. The molecule has 8 heavy (non-hydrogen) atoms. The predicted molar refractivity (Wildman–Crippen MR) is 32.6 cm³/mol. The SMILES string of the molecule is CN(SCF)C(=O)Cl. The first-order valence-electron chi connectivity index (χ1n) is 1.80. The molecule has 0 saturated carbocycles. The molecule has 1 amide bonds. The van der Waals surface area contributed by atoms with E-state index in [1.165, 1.54) is 7.05 Å². The van der Waals surface area contributed by atoms with E-state index in [-0.39, 0.29) is 0 Å². The van der Waals surface area contributed by atoms with E-state index in [0.29, 0.717) is 0 Å². The smallest absolute Gasteiger partial charge is 0.274 e. The lowest BCUT2D eigenvalue weighted by atomic mass is 11.2. The van der Waals surface area contributed by atoms with Gasteiger partial charge in [0.15, 0.2) is 6.01 Å². The van der Waals surface area contributed by atoms with Gasteiger partial charge in [0.25, 0.3) is 0 Å². The molecule has 0 aliphatic heterocycles. The lowest BCUT2D eigenvalue weighted by Gasteiger charge is -2.06. The Bertz CT molecular complexity index is 91.4. The molecule has 0 fully saturated rings. The van der Waals surface area contributed by atoms with Crippen molar-refractivity contribution in [2.24, 2.45) is 0 Å². The maximum absolute atomic E-state index is 11.3. The average Bonchev–Trinajstić information content (AvgIpc) is 1.67. The predicted octanol–water partition coefficient (Wildman–Crippen LogP) is 1.85. The number of carbonyl (C=O) groups excluding carboxylic acids is 1. The number of halogens is 2. The third-order valence-corrected chi connectivity index (χ3v) is 1.49. The molecule has 0 aromatic heterocycles. The van der Waals surface area contributed by atoms with Gasteiger partial charge in [-0.3, -0.25) is 9.10 Å². The maximum Gasteiger partial charge on any atom is 0.326 e. The van der Waals surface area contributed by atoms with Gasteiger partial charge in [0.05, 0.1) is 0 Å². The highest BCUT2D eigenvalue weighted by Crippen LogP contribution is 2.08. The number of hydrogen-bond acceptors (Lipinski definition) is 2. The van der Waals surface area contributed by atoms with E-state index >= 15 is 0 Å². The summed E-state index contributed by atoms with van der Waals surface area (Å²) in [4.78, 5) is 10.0. The summed E-state index contributed by atoms with van der Waals surface area (Å²) in [5.41, 5.74) is 0. The highest BCUT2D eigenvalue weighted by atomic mass is 35.5. The minimum Gasteiger partial charge on any atom is -0.274 e. The highest BCUT2D eigenvalue weighted by Gasteiger charge is 2.02. The van der Waals surface area contributed by atoms with Gasteiger partial charge < -0.3 is 0 Å². The van der Waals surface area contributed by atoms with Crippen LogP contribution in [0.1, 0.15) is 0 Å². The van der Waals surface area contributed by atoms with Crippen LogP contribution in [0.4, 0.5) is 9.18 Å². The van der Waals surface area contributed by atoms with Crippen LogP contribution in [0.5, 0.6) is 0 Å². The van der Waals surface area contributed by atoms with Gasteiger partial charge >= 0.3 is 5.37 Å². The van der Waals surface area contributed by atoms with Gasteiger partial charge in [0.1, 0.15) is 0 Å². The van der Waals surface area contributed by atoms with E-state index in [2.05, 4.69) is 0 Å². The standard InChI is InChI=1S/C3H5ClFNOS/c1-6(3(4)7)8-2-5/h2H2,1H3. The number of alkyl halides is 1. The molecule has 0 bridgehead atoms. The molecule has 0 atom stereocenters. The largest absolute Gasteiger partial charge is 0.326 e. The molecule has 0 N–H and O–H groups in total. The van der Waals surface area contributed by atoms with E-state index < -0.39 is 11.4 Å². The minimum absolute atomic E-state index is 0.630. The van der Waals surface area contributed by atoms with Crippen LogP contribution in [0.15, 0.2) is 0 Å².